The first-order valence-electron chi connectivity index (χ1n) is 5.38. The predicted octanol–water partition coefficient (Wildman–Crippen LogP) is 0.195. The molecule has 0 bridgehead atoms. The molecule has 1 saturated heterocycles. The number of carbonyl (C=O) groups is 1. The molecule has 1 aliphatic heterocycles. The third-order valence-electron chi connectivity index (χ3n) is 3.08. The molecule has 3 atom stereocenters. The molecule has 1 saturated carbocycles. The van der Waals surface area contributed by atoms with E-state index in [2.05, 4.69) is 5.32 Å². The zero-order valence-electron chi connectivity index (χ0n) is 8.24. The summed E-state index contributed by atoms with van der Waals surface area (Å²) in [6, 6.07) is -0.104. The van der Waals surface area contributed by atoms with E-state index in [0.29, 0.717) is 6.61 Å². The fraction of sp³-hybridized carbons (Fsp3) is 0.900. The van der Waals surface area contributed by atoms with Crippen molar-refractivity contribution in [1.82, 2.24) is 5.32 Å². The molecule has 2 aliphatic rings. The molecule has 1 aliphatic carbocycles. The smallest absolute Gasteiger partial charge is 0.323 e. The number of rotatable bonds is 2. The maximum atomic E-state index is 11.2. The van der Waals surface area contributed by atoms with Crippen molar-refractivity contribution < 1.29 is 14.6 Å². The first kappa shape index (κ1) is 9.93. The van der Waals surface area contributed by atoms with E-state index in [0.717, 1.165) is 32.1 Å². The molecule has 2 N–H and O–H groups in total. The Morgan fingerprint density at radius 1 is 1.29 bits per heavy atom. The Bertz CT molecular complexity index is 219. The van der Waals surface area contributed by atoms with Crippen LogP contribution in [-0.2, 0) is 9.53 Å². The molecule has 0 aromatic rings. The summed E-state index contributed by atoms with van der Waals surface area (Å²) in [7, 11) is 0. The Hall–Kier alpha value is -0.610. The van der Waals surface area contributed by atoms with Gasteiger partial charge in [-0.25, -0.2) is 0 Å². The van der Waals surface area contributed by atoms with Gasteiger partial charge in [0.05, 0.1) is 12.7 Å². The summed E-state index contributed by atoms with van der Waals surface area (Å²) in [5.74, 6) is -0.164. The second-order valence-electron chi connectivity index (χ2n) is 4.13. The molecule has 4 heteroatoms. The van der Waals surface area contributed by atoms with Gasteiger partial charge in [-0.05, 0) is 12.8 Å². The number of hydrogen-bond donors (Lipinski definition) is 2. The van der Waals surface area contributed by atoms with Crippen LogP contribution in [0.4, 0.5) is 0 Å². The van der Waals surface area contributed by atoms with Gasteiger partial charge < -0.3 is 9.84 Å². The van der Waals surface area contributed by atoms with Gasteiger partial charge in [-0.3, -0.25) is 10.1 Å². The van der Waals surface area contributed by atoms with Crippen molar-refractivity contribution in [3.05, 3.63) is 0 Å². The van der Waals surface area contributed by atoms with Gasteiger partial charge >= 0.3 is 5.97 Å². The molecule has 14 heavy (non-hydrogen) atoms. The number of hydrogen-bond acceptors (Lipinski definition) is 4. The molecule has 0 aromatic heterocycles. The summed E-state index contributed by atoms with van der Waals surface area (Å²) in [6.07, 6.45) is 4.48. The van der Waals surface area contributed by atoms with Crippen molar-refractivity contribution in [3.8, 4) is 0 Å². The van der Waals surface area contributed by atoms with E-state index in [4.69, 9.17) is 4.74 Å². The molecule has 2 rings (SSSR count). The van der Waals surface area contributed by atoms with Crippen molar-refractivity contribution in [2.24, 2.45) is 0 Å². The van der Waals surface area contributed by atoms with Crippen LogP contribution in [-0.4, -0.2) is 35.9 Å². The number of esters is 1. The standard InChI is InChI=1S/C10H17NO3/c12-9-4-2-1-3-7(9)11-8-5-6-14-10(8)13/h7-9,11-12H,1-6H2. The van der Waals surface area contributed by atoms with Crippen LogP contribution < -0.4 is 5.32 Å². The number of aliphatic hydroxyl groups is 1. The van der Waals surface area contributed by atoms with Crippen molar-refractivity contribution in [3.63, 3.8) is 0 Å². The van der Waals surface area contributed by atoms with E-state index in [1.54, 1.807) is 0 Å². The Kier molecular flexibility index (Phi) is 3.03. The Morgan fingerprint density at radius 3 is 2.71 bits per heavy atom. The monoisotopic (exact) mass is 199 g/mol. The summed E-state index contributed by atoms with van der Waals surface area (Å²) in [6.45, 7) is 0.513. The average Bonchev–Trinajstić information content (AvgIpc) is 2.56. The molecule has 0 aromatic carbocycles. The number of carbonyl (C=O) groups excluding carboxylic acids is 1. The highest BCUT2D eigenvalue weighted by atomic mass is 16.5. The quantitative estimate of drug-likeness (QED) is 0.623. The largest absolute Gasteiger partial charge is 0.464 e. The SMILES string of the molecule is O=C1OCCC1NC1CCCCC1O. The molecule has 0 spiro atoms. The number of cyclic esters (lactones) is 1. The lowest BCUT2D eigenvalue weighted by molar-refractivity contribution is -0.140. The lowest BCUT2D eigenvalue weighted by Crippen LogP contribution is -2.48. The Balaban J connectivity index is 1.86. The third kappa shape index (κ3) is 2.07. The molecule has 0 radical (unpaired) electrons. The molecular formula is C10H17NO3. The van der Waals surface area contributed by atoms with Gasteiger partial charge in [0, 0.05) is 12.5 Å². The molecule has 80 valence electrons. The highest BCUT2D eigenvalue weighted by molar-refractivity contribution is 5.77. The second-order valence-corrected chi connectivity index (χ2v) is 4.13. The van der Waals surface area contributed by atoms with E-state index in [1.807, 2.05) is 0 Å². The molecule has 0 amide bonds. The van der Waals surface area contributed by atoms with Crippen LogP contribution in [0.5, 0.6) is 0 Å². The third-order valence-corrected chi connectivity index (χ3v) is 3.08. The van der Waals surface area contributed by atoms with Crippen LogP contribution in [0.15, 0.2) is 0 Å². The van der Waals surface area contributed by atoms with Gasteiger partial charge in [-0.2, -0.15) is 0 Å². The van der Waals surface area contributed by atoms with Crippen LogP contribution in [0.1, 0.15) is 32.1 Å². The first-order chi connectivity index (χ1) is 6.77. The minimum Gasteiger partial charge on any atom is -0.464 e. The second kappa shape index (κ2) is 4.28. The highest BCUT2D eigenvalue weighted by Crippen LogP contribution is 2.20. The maximum Gasteiger partial charge on any atom is 0.323 e. The molecule has 3 unspecified atom stereocenters. The van der Waals surface area contributed by atoms with Gasteiger partial charge in [-0.1, -0.05) is 12.8 Å². The van der Waals surface area contributed by atoms with E-state index in [-0.39, 0.29) is 24.2 Å². The average molecular weight is 199 g/mol. The summed E-state index contributed by atoms with van der Waals surface area (Å²) in [5, 5.41) is 12.9. The van der Waals surface area contributed by atoms with E-state index < -0.39 is 0 Å². The van der Waals surface area contributed by atoms with Crippen LogP contribution in [0, 0.1) is 0 Å². The maximum absolute atomic E-state index is 11.2. The van der Waals surface area contributed by atoms with Crippen LogP contribution in [0.25, 0.3) is 0 Å². The number of nitrogens with one attached hydrogen (secondary N) is 1. The van der Waals surface area contributed by atoms with E-state index in [1.165, 1.54) is 0 Å². The zero-order valence-corrected chi connectivity index (χ0v) is 8.24. The molecule has 4 nitrogen and oxygen atoms in total. The summed E-state index contributed by atoms with van der Waals surface area (Å²) in [5.41, 5.74) is 0. The fourth-order valence-electron chi connectivity index (χ4n) is 2.21. The highest BCUT2D eigenvalue weighted by Gasteiger charge is 2.31. The zero-order chi connectivity index (χ0) is 9.97. The summed E-state index contributed by atoms with van der Waals surface area (Å²) >= 11 is 0. The van der Waals surface area contributed by atoms with Gasteiger partial charge in [0.2, 0.25) is 0 Å². The van der Waals surface area contributed by atoms with Gasteiger partial charge in [0.1, 0.15) is 6.04 Å². The first-order valence-corrected chi connectivity index (χ1v) is 5.38. The van der Waals surface area contributed by atoms with Crippen LogP contribution in [0.3, 0.4) is 0 Å². The van der Waals surface area contributed by atoms with Crippen molar-refractivity contribution in [1.29, 1.82) is 0 Å². The minimum atomic E-state index is -0.294. The minimum absolute atomic E-state index is 0.0828. The van der Waals surface area contributed by atoms with E-state index in [9.17, 15) is 9.90 Å². The van der Waals surface area contributed by atoms with Gasteiger partial charge in [-0.15, -0.1) is 0 Å². The van der Waals surface area contributed by atoms with Crippen molar-refractivity contribution >= 4 is 5.97 Å². The molecule has 1 heterocycles. The summed E-state index contributed by atoms with van der Waals surface area (Å²) in [4.78, 5) is 11.2. The van der Waals surface area contributed by atoms with Crippen LogP contribution in [0.2, 0.25) is 0 Å². The van der Waals surface area contributed by atoms with E-state index >= 15 is 0 Å². The van der Waals surface area contributed by atoms with Crippen molar-refractivity contribution in [2.75, 3.05) is 6.61 Å². The lowest BCUT2D eigenvalue weighted by Gasteiger charge is -2.29. The normalized spacial score (nSPS) is 38.4. The lowest BCUT2D eigenvalue weighted by atomic mass is 9.92. The topological polar surface area (TPSA) is 58.6 Å². The fourth-order valence-corrected chi connectivity index (χ4v) is 2.21. The van der Waals surface area contributed by atoms with Crippen molar-refractivity contribution in [2.45, 2.75) is 50.3 Å². The summed E-state index contributed by atoms with van der Waals surface area (Å²) < 4.78 is 4.86. The number of aliphatic hydroxyl groups excluding tert-OH is 1. The van der Waals surface area contributed by atoms with Gasteiger partial charge in [0.25, 0.3) is 0 Å². The predicted molar refractivity (Wildman–Crippen MR) is 50.8 cm³/mol. The molecular weight excluding hydrogens is 182 g/mol. The van der Waals surface area contributed by atoms with Gasteiger partial charge in [0.15, 0.2) is 0 Å². The van der Waals surface area contributed by atoms with Crippen LogP contribution >= 0.6 is 0 Å². The number of ether oxygens (including phenoxy) is 1. The Labute approximate surface area is 83.6 Å². The Morgan fingerprint density at radius 2 is 2.07 bits per heavy atom. The molecule has 2 fully saturated rings.